The van der Waals surface area contributed by atoms with E-state index in [1.807, 2.05) is 17.0 Å². The molecule has 0 N–H and O–H groups in total. The van der Waals surface area contributed by atoms with Crippen LogP contribution in [-0.2, 0) is 11.3 Å². The fourth-order valence-electron chi connectivity index (χ4n) is 3.67. The third kappa shape index (κ3) is 3.94. The minimum atomic E-state index is -0.558. The maximum atomic E-state index is 14.8. The number of nitrogens with zero attached hydrogens (tertiary/aromatic N) is 7. The van der Waals surface area contributed by atoms with E-state index in [1.54, 1.807) is 18.2 Å². The number of hydrogen-bond acceptors (Lipinski definition) is 7. The molecule has 2 aliphatic rings. The number of carbonyl (C=O) groups is 1. The van der Waals surface area contributed by atoms with Crippen LogP contribution >= 0.6 is 0 Å². The van der Waals surface area contributed by atoms with Gasteiger partial charge in [-0.15, -0.1) is 5.10 Å². The van der Waals surface area contributed by atoms with Crippen LogP contribution < -0.4 is 9.80 Å². The third-order valence-electron chi connectivity index (χ3n) is 5.18. The molecule has 2 fully saturated rings. The highest BCUT2D eigenvalue weighted by molar-refractivity contribution is 5.90. The quantitative estimate of drug-likeness (QED) is 0.715. The number of rotatable bonds is 4. The number of piperidine rings is 1. The Hall–Kier alpha value is -3.92. The van der Waals surface area contributed by atoms with Gasteiger partial charge in [-0.05, 0) is 31.0 Å². The van der Waals surface area contributed by atoms with Gasteiger partial charge in [-0.25, -0.2) is 13.9 Å². The summed E-state index contributed by atoms with van der Waals surface area (Å²) in [5, 5.41) is 25.1. The van der Waals surface area contributed by atoms with Gasteiger partial charge < -0.3 is 9.64 Å². The van der Waals surface area contributed by atoms with Gasteiger partial charge in [-0.3, -0.25) is 4.90 Å². The Morgan fingerprint density at radius 2 is 2.10 bits per heavy atom. The van der Waals surface area contributed by atoms with Gasteiger partial charge in [-0.1, -0.05) is 10.8 Å². The number of ether oxygens (including phenoxy) is 1. The molecule has 1 atom stereocenters. The summed E-state index contributed by atoms with van der Waals surface area (Å²) in [5.41, 5.74) is 2.15. The molecule has 1 amide bonds. The molecule has 0 saturated carbocycles. The van der Waals surface area contributed by atoms with Crippen LogP contribution in [0.5, 0.6) is 0 Å². The number of benzene rings is 1. The molecule has 10 heteroatoms. The highest BCUT2D eigenvalue weighted by Crippen LogP contribution is 2.30. The predicted octanol–water partition coefficient (Wildman–Crippen LogP) is 2.36. The van der Waals surface area contributed by atoms with E-state index in [1.165, 1.54) is 21.8 Å². The van der Waals surface area contributed by atoms with Crippen LogP contribution in [0.25, 0.3) is 0 Å². The van der Waals surface area contributed by atoms with Crippen molar-refractivity contribution in [3.05, 3.63) is 47.6 Å². The molecule has 0 bridgehead atoms. The summed E-state index contributed by atoms with van der Waals surface area (Å²) in [6.45, 7) is 1.77. The van der Waals surface area contributed by atoms with Gasteiger partial charge in [-0.2, -0.15) is 10.5 Å². The molecule has 30 heavy (non-hydrogen) atoms. The summed E-state index contributed by atoms with van der Waals surface area (Å²) < 4.78 is 21.6. The first-order valence-corrected chi connectivity index (χ1v) is 9.48. The molecule has 2 saturated heterocycles. The van der Waals surface area contributed by atoms with Gasteiger partial charge in [0.25, 0.3) is 0 Å². The topological polar surface area (TPSA) is 111 Å². The number of allylic oxidation sites excluding steroid dienone is 1. The third-order valence-corrected chi connectivity index (χ3v) is 5.18. The average Bonchev–Trinajstić information content (AvgIpc) is 3.35. The minimum absolute atomic E-state index is 0.182. The molecule has 0 radical (unpaired) electrons. The summed E-state index contributed by atoms with van der Waals surface area (Å²) in [6.07, 6.45) is 3.45. The molecule has 1 aromatic carbocycles. The minimum Gasteiger partial charge on any atom is -0.442 e. The Morgan fingerprint density at radius 1 is 1.30 bits per heavy atom. The Labute approximate surface area is 172 Å². The maximum absolute atomic E-state index is 14.8. The second kappa shape index (κ2) is 8.21. The van der Waals surface area contributed by atoms with Gasteiger partial charge in [0.2, 0.25) is 0 Å². The molecule has 3 heterocycles. The normalized spacial score (nSPS) is 18.7. The van der Waals surface area contributed by atoms with Crippen molar-refractivity contribution < 1.29 is 13.9 Å². The molecule has 1 aromatic heterocycles. The zero-order valence-corrected chi connectivity index (χ0v) is 16.0. The lowest BCUT2D eigenvalue weighted by Crippen LogP contribution is -2.31. The summed E-state index contributed by atoms with van der Waals surface area (Å²) in [7, 11) is 0. The van der Waals surface area contributed by atoms with Crippen molar-refractivity contribution >= 4 is 17.5 Å². The van der Waals surface area contributed by atoms with Crippen LogP contribution in [0.4, 0.5) is 20.6 Å². The van der Waals surface area contributed by atoms with Gasteiger partial charge >= 0.3 is 6.09 Å². The summed E-state index contributed by atoms with van der Waals surface area (Å²) >= 11 is 0. The van der Waals surface area contributed by atoms with E-state index in [0.29, 0.717) is 24.5 Å². The van der Waals surface area contributed by atoms with Crippen LogP contribution in [0.3, 0.4) is 0 Å². The van der Waals surface area contributed by atoms with Gasteiger partial charge in [0.15, 0.2) is 5.69 Å². The molecule has 2 aliphatic heterocycles. The van der Waals surface area contributed by atoms with Crippen molar-refractivity contribution in [2.75, 3.05) is 29.4 Å². The number of amides is 1. The Balaban J connectivity index is 1.42. The van der Waals surface area contributed by atoms with Crippen LogP contribution in [0, 0.1) is 28.5 Å². The van der Waals surface area contributed by atoms with Crippen molar-refractivity contribution in [2.24, 2.45) is 0 Å². The van der Waals surface area contributed by atoms with Crippen LogP contribution in [0.15, 0.2) is 36.0 Å². The number of anilines is 2. The smallest absolute Gasteiger partial charge is 0.414 e. The van der Waals surface area contributed by atoms with E-state index in [2.05, 4.69) is 10.3 Å². The van der Waals surface area contributed by atoms with Crippen LogP contribution in [0.2, 0.25) is 0 Å². The van der Waals surface area contributed by atoms with Gasteiger partial charge in [0.05, 0.1) is 36.7 Å². The molecule has 4 rings (SSSR count). The molecule has 152 valence electrons. The molecular formula is C20H18FN7O2. The maximum Gasteiger partial charge on any atom is 0.414 e. The van der Waals surface area contributed by atoms with Crippen molar-refractivity contribution in [1.29, 1.82) is 10.5 Å². The summed E-state index contributed by atoms with van der Waals surface area (Å²) in [6, 6.07) is 8.63. The standard InChI is InChI=1S/C20H18FN7O2/c21-18-9-16(1-2-19(18)26-7-4-14(3-6-22)5-8-26)28-13-17(30-20(28)29)12-27-11-15(10-23)24-25-27/h1-3,9,11,17H,4-5,7-8,12-13H2. The first-order valence-electron chi connectivity index (χ1n) is 9.48. The lowest BCUT2D eigenvalue weighted by molar-refractivity contribution is 0.129. The largest absolute Gasteiger partial charge is 0.442 e. The van der Waals surface area contributed by atoms with Crippen molar-refractivity contribution in [3.8, 4) is 12.1 Å². The van der Waals surface area contributed by atoms with E-state index in [4.69, 9.17) is 15.3 Å². The van der Waals surface area contributed by atoms with Crippen molar-refractivity contribution in [3.63, 3.8) is 0 Å². The molecule has 9 nitrogen and oxygen atoms in total. The number of hydrogen-bond donors (Lipinski definition) is 0. The summed E-state index contributed by atoms with van der Waals surface area (Å²) in [5.74, 6) is -0.411. The van der Waals surface area contributed by atoms with Crippen molar-refractivity contribution in [1.82, 2.24) is 15.0 Å². The van der Waals surface area contributed by atoms with Crippen LogP contribution in [-0.4, -0.2) is 46.8 Å². The van der Waals surface area contributed by atoms with Gasteiger partial charge in [0.1, 0.15) is 18.0 Å². The number of carbonyl (C=O) groups excluding carboxylic acids is 1. The number of halogens is 1. The zero-order chi connectivity index (χ0) is 21.1. The lowest BCUT2D eigenvalue weighted by atomic mass is 10.0. The van der Waals surface area contributed by atoms with E-state index in [9.17, 15) is 9.18 Å². The number of cyclic esters (lactones) is 1. The fourth-order valence-corrected chi connectivity index (χ4v) is 3.67. The Morgan fingerprint density at radius 3 is 2.77 bits per heavy atom. The Bertz CT molecular complexity index is 1070. The van der Waals surface area contributed by atoms with E-state index >= 15 is 0 Å². The second-order valence-corrected chi connectivity index (χ2v) is 7.11. The van der Waals surface area contributed by atoms with Gasteiger partial charge in [0, 0.05) is 19.2 Å². The second-order valence-electron chi connectivity index (χ2n) is 7.11. The van der Waals surface area contributed by atoms with E-state index < -0.39 is 18.0 Å². The molecule has 1 unspecified atom stereocenters. The molecule has 0 spiro atoms. The monoisotopic (exact) mass is 407 g/mol. The lowest BCUT2D eigenvalue weighted by Gasteiger charge is -2.30. The van der Waals surface area contributed by atoms with E-state index in [-0.39, 0.29) is 18.8 Å². The van der Waals surface area contributed by atoms with Crippen LogP contribution in [0.1, 0.15) is 18.5 Å². The molecule has 2 aromatic rings. The zero-order valence-electron chi connectivity index (χ0n) is 16.0. The predicted molar refractivity (Wildman–Crippen MR) is 104 cm³/mol. The first kappa shape index (κ1) is 19.4. The highest BCUT2D eigenvalue weighted by atomic mass is 19.1. The molecular weight excluding hydrogens is 389 g/mol. The highest BCUT2D eigenvalue weighted by Gasteiger charge is 2.33. The first-order chi connectivity index (χ1) is 14.6. The summed E-state index contributed by atoms with van der Waals surface area (Å²) in [4.78, 5) is 15.6. The Kier molecular flexibility index (Phi) is 5.31. The fraction of sp³-hybridized carbons (Fsp3) is 0.350. The SMILES string of the molecule is N#CC=C1CCN(c2ccc(N3CC(Cn4cc(C#N)nn4)OC3=O)cc2F)CC1. The van der Waals surface area contributed by atoms with Crippen molar-refractivity contribution in [2.45, 2.75) is 25.5 Å². The number of aromatic nitrogens is 3. The number of nitriles is 2. The molecule has 0 aliphatic carbocycles. The van der Waals surface area contributed by atoms with E-state index in [0.717, 1.165) is 18.4 Å². The average molecular weight is 407 g/mol.